The molecule has 0 radical (unpaired) electrons. The van der Waals surface area contributed by atoms with Gasteiger partial charge in [-0.2, -0.15) is 13.2 Å². The summed E-state index contributed by atoms with van der Waals surface area (Å²) in [7, 11) is 0. The number of nitrogens with zero attached hydrogens (tertiary/aromatic N) is 4. The number of nitrogens with two attached hydrogens (primary N) is 1. The average Bonchev–Trinajstić information content (AvgIpc) is 2.79. The molecule has 1 saturated heterocycles. The van der Waals surface area contributed by atoms with Crippen LogP contribution < -0.4 is 10.6 Å². The van der Waals surface area contributed by atoms with Gasteiger partial charge in [-0.25, -0.2) is 9.97 Å². The predicted molar refractivity (Wildman–Crippen MR) is 123 cm³/mol. The summed E-state index contributed by atoms with van der Waals surface area (Å²) < 4.78 is 38.8. The molecule has 0 unspecified atom stereocenters. The Morgan fingerprint density at radius 2 is 1.78 bits per heavy atom. The van der Waals surface area contributed by atoms with E-state index in [9.17, 15) is 13.2 Å². The van der Waals surface area contributed by atoms with Crippen LogP contribution in [0.4, 0.5) is 19.1 Å². The van der Waals surface area contributed by atoms with Gasteiger partial charge in [0, 0.05) is 55.4 Å². The molecule has 2 heterocycles. The smallest absolute Gasteiger partial charge is 0.338 e. The van der Waals surface area contributed by atoms with Crippen molar-refractivity contribution < 1.29 is 13.2 Å². The number of hydrogen-bond donors (Lipinski definition) is 1. The lowest BCUT2D eigenvalue weighted by Crippen LogP contribution is -2.53. The third-order valence-corrected chi connectivity index (χ3v) is 7.02. The second kappa shape index (κ2) is 10.1. The van der Waals surface area contributed by atoms with Gasteiger partial charge in [-0.3, -0.25) is 4.90 Å². The van der Waals surface area contributed by atoms with Gasteiger partial charge >= 0.3 is 6.18 Å². The highest BCUT2D eigenvalue weighted by molar-refractivity contribution is 6.30. The molecule has 1 aromatic carbocycles. The Morgan fingerprint density at radius 1 is 1.09 bits per heavy atom. The van der Waals surface area contributed by atoms with Crippen LogP contribution in [-0.4, -0.2) is 53.6 Å². The van der Waals surface area contributed by atoms with E-state index in [0.717, 1.165) is 49.9 Å². The molecule has 2 aromatic rings. The van der Waals surface area contributed by atoms with Crippen molar-refractivity contribution in [2.45, 2.75) is 43.3 Å². The van der Waals surface area contributed by atoms with Crippen LogP contribution >= 0.6 is 24.0 Å². The standard InChI is InChI=1S/C22H27ClF3N5.ClH/c23-17-3-1-2-16(14-17)21(15-27)7-4-18(5-8-21)30-10-12-31(13-11-30)20-28-9-6-19(29-20)22(24,25)26;/h1-3,6,9,14,18H,4-5,7-8,10-13,15,27H2;1H/t18-,21-;. The number of hydrogen-bond acceptors (Lipinski definition) is 5. The summed E-state index contributed by atoms with van der Waals surface area (Å²) in [5, 5.41) is 0.736. The number of aromatic nitrogens is 2. The average molecular weight is 490 g/mol. The normalized spacial score (nSPS) is 24.8. The first-order valence-corrected chi connectivity index (χ1v) is 11.0. The lowest BCUT2D eigenvalue weighted by atomic mass is 9.68. The zero-order valence-electron chi connectivity index (χ0n) is 17.7. The number of piperazine rings is 1. The number of anilines is 1. The number of rotatable bonds is 4. The van der Waals surface area contributed by atoms with E-state index in [4.69, 9.17) is 17.3 Å². The van der Waals surface area contributed by atoms with Crippen molar-refractivity contribution in [3.63, 3.8) is 0 Å². The molecule has 10 heteroatoms. The summed E-state index contributed by atoms with van der Waals surface area (Å²) in [5.41, 5.74) is 6.50. The van der Waals surface area contributed by atoms with Crippen LogP contribution in [0.25, 0.3) is 0 Å². The molecule has 176 valence electrons. The first kappa shape index (κ1) is 25.0. The maximum Gasteiger partial charge on any atom is 0.433 e. The highest BCUT2D eigenvalue weighted by Crippen LogP contribution is 2.41. The Balaban J connectivity index is 0.00000289. The predicted octanol–water partition coefficient (Wildman–Crippen LogP) is 4.53. The highest BCUT2D eigenvalue weighted by atomic mass is 35.5. The molecule has 0 amide bonds. The van der Waals surface area contributed by atoms with E-state index in [0.29, 0.717) is 25.7 Å². The molecule has 2 N–H and O–H groups in total. The first-order chi connectivity index (χ1) is 14.8. The molecular weight excluding hydrogens is 462 g/mol. The van der Waals surface area contributed by atoms with Crippen molar-refractivity contribution in [3.05, 3.63) is 52.8 Å². The molecule has 2 fully saturated rings. The van der Waals surface area contributed by atoms with Gasteiger partial charge in [-0.05, 0) is 49.4 Å². The van der Waals surface area contributed by atoms with Crippen molar-refractivity contribution in [2.24, 2.45) is 5.73 Å². The van der Waals surface area contributed by atoms with Crippen LogP contribution in [0.15, 0.2) is 36.5 Å². The van der Waals surface area contributed by atoms with E-state index >= 15 is 0 Å². The highest BCUT2D eigenvalue weighted by Gasteiger charge is 2.38. The van der Waals surface area contributed by atoms with Crippen LogP contribution in [0.1, 0.15) is 36.9 Å². The van der Waals surface area contributed by atoms with Crippen molar-refractivity contribution >= 4 is 30.0 Å². The summed E-state index contributed by atoms with van der Waals surface area (Å²) in [6.07, 6.45) is 0.825. The quantitative estimate of drug-likeness (QED) is 0.683. The van der Waals surface area contributed by atoms with Crippen molar-refractivity contribution in [1.29, 1.82) is 0 Å². The lowest BCUT2D eigenvalue weighted by Gasteiger charge is -2.46. The number of alkyl halides is 3. The minimum absolute atomic E-state index is 0. The molecular formula is C22H28Cl2F3N5. The second-order valence-corrected chi connectivity index (χ2v) is 8.93. The van der Waals surface area contributed by atoms with Crippen LogP contribution in [0, 0.1) is 0 Å². The SMILES string of the molecule is Cl.NC[C@]1(c2cccc(Cl)c2)CC[C@H](N2CCN(c3nccc(C(F)(F)F)n3)CC2)CC1. The van der Waals surface area contributed by atoms with Crippen molar-refractivity contribution in [3.8, 4) is 0 Å². The molecule has 5 nitrogen and oxygen atoms in total. The van der Waals surface area contributed by atoms with Crippen LogP contribution in [-0.2, 0) is 11.6 Å². The molecule has 1 aliphatic heterocycles. The maximum atomic E-state index is 12.9. The molecule has 0 spiro atoms. The van der Waals surface area contributed by atoms with Crippen LogP contribution in [0.2, 0.25) is 5.02 Å². The molecule has 1 aromatic heterocycles. The Bertz CT molecular complexity index is 895. The third kappa shape index (κ3) is 5.30. The molecule has 32 heavy (non-hydrogen) atoms. The van der Waals surface area contributed by atoms with E-state index in [1.54, 1.807) is 0 Å². The number of benzene rings is 1. The van der Waals surface area contributed by atoms with Gasteiger partial charge in [-0.1, -0.05) is 23.7 Å². The minimum atomic E-state index is -4.46. The molecule has 0 bridgehead atoms. The fourth-order valence-electron chi connectivity index (χ4n) is 4.90. The van der Waals surface area contributed by atoms with Crippen LogP contribution in [0.5, 0.6) is 0 Å². The molecule has 2 aliphatic rings. The Morgan fingerprint density at radius 3 is 2.38 bits per heavy atom. The van der Waals surface area contributed by atoms with E-state index in [1.165, 1.54) is 11.8 Å². The van der Waals surface area contributed by atoms with E-state index < -0.39 is 11.9 Å². The van der Waals surface area contributed by atoms with Gasteiger partial charge in [0.15, 0.2) is 0 Å². The zero-order valence-corrected chi connectivity index (χ0v) is 19.3. The largest absolute Gasteiger partial charge is 0.433 e. The van der Waals surface area contributed by atoms with Crippen LogP contribution in [0.3, 0.4) is 0 Å². The topological polar surface area (TPSA) is 58.3 Å². The van der Waals surface area contributed by atoms with Gasteiger partial charge in [0.25, 0.3) is 0 Å². The number of halogens is 5. The Hall–Kier alpha value is -1.61. The maximum absolute atomic E-state index is 12.9. The summed E-state index contributed by atoms with van der Waals surface area (Å²) in [6, 6.07) is 9.38. The third-order valence-electron chi connectivity index (χ3n) is 6.79. The van der Waals surface area contributed by atoms with Crippen molar-refractivity contribution in [1.82, 2.24) is 14.9 Å². The summed E-state index contributed by atoms with van der Waals surface area (Å²) in [5.74, 6) is 0.154. The van der Waals surface area contributed by atoms with Gasteiger partial charge < -0.3 is 10.6 Å². The Labute approximate surface area is 197 Å². The van der Waals surface area contributed by atoms with Gasteiger partial charge in [-0.15, -0.1) is 12.4 Å². The Kier molecular flexibility index (Phi) is 7.91. The zero-order chi connectivity index (χ0) is 22.1. The summed E-state index contributed by atoms with van der Waals surface area (Å²) >= 11 is 6.21. The minimum Gasteiger partial charge on any atom is -0.338 e. The second-order valence-electron chi connectivity index (χ2n) is 8.49. The summed E-state index contributed by atoms with van der Waals surface area (Å²) in [4.78, 5) is 12.1. The van der Waals surface area contributed by atoms with E-state index in [-0.39, 0.29) is 23.8 Å². The molecule has 1 aliphatic carbocycles. The monoisotopic (exact) mass is 489 g/mol. The summed E-state index contributed by atoms with van der Waals surface area (Å²) in [6.45, 7) is 3.41. The lowest BCUT2D eigenvalue weighted by molar-refractivity contribution is -0.141. The van der Waals surface area contributed by atoms with Gasteiger partial charge in [0.05, 0.1) is 0 Å². The van der Waals surface area contributed by atoms with E-state index in [1.807, 2.05) is 23.1 Å². The van der Waals surface area contributed by atoms with Gasteiger partial charge in [0.1, 0.15) is 5.69 Å². The molecule has 1 saturated carbocycles. The molecule has 4 rings (SSSR count). The van der Waals surface area contributed by atoms with Crippen molar-refractivity contribution in [2.75, 3.05) is 37.6 Å². The fourth-order valence-corrected chi connectivity index (χ4v) is 5.09. The first-order valence-electron chi connectivity index (χ1n) is 10.7. The van der Waals surface area contributed by atoms with Gasteiger partial charge in [0.2, 0.25) is 5.95 Å². The van der Waals surface area contributed by atoms with E-state index in [2.05, 4.69) is 20.9 Å². The fraction of sp³-hybridized carbons (Fsp3) is 0.545. The molecule has 0 atom stereocenters.